The molecule has 0 radical (unpaired) electrons. The standard InChI is InChI=1S/C13H11N3O4/c1-20-9-2-3-10(13(18)19)11(6-9)16-12(17)8-4-5-14-15-7-8/h2-7H,1H3,(H,16,17)(H,18,19). The van der Waals surface area contributed by atoms with Gasteiger partial charge in [-0.2, -0.15) is 10.2 Å². The zero-order chi connectivity index (χ0) is 14.5. The van der Waals surface area contributed by atoms with Crippen LogP contribution in [0.4, 0.5) is 5.69 Å². The number of ether oxygens (including phenoxy) is 1. The van der Waals surface area contributed by atoms with Gasteiger partial charge in [-0.15, -0.1) is 0 Å². The van der Waals surface area contributed by atoms with E-state index < -0.39 is 11.9 Å². The Kier molecular flexibility index (Phi) is 3.90. The average molecular weight is 273 g/mol. The Hall–Kier alpha value is -2.96. The zero-order valence-corrected chi connectivity index (χ0v) is 10.5. The van der Waals surface area contributed by atoms with E-state index in [4.69, 9.17) is 9.84 Å². The molecule has 2 aromatic rings. The number of carboxylic acids is 1. The fourth-order valence-electron chi connectivity index (χ4n) is 1.56. The molecule has 0 saturated heterocycles. The second kappa shape index (κ2) is 5.79. The summed E-state index contributed by atoms with van der Waals surface area (Å²) in [6.45, 7) is 0. The van der Waals surface area contributed by atoms with E-state index in [2.05, 4.69) is 15.5 Å². The van der Waals surface area contributed by atoms with Crippen molar-refractivity contribution in [3.05, 3.63) is 47.8 Å². The molecular formula is C13H11N3O4. The minimum Gasteiger partial charge on any atom is -0.497 e. The van der Waals surface area contributed by atoms with Crippen LogP contribution in [0.3, 0.4) is 0 Å². The smallest absolute Gasteiger partial charge is 0.337 e. The molecule has 1 amide bonds. The molecule has 2 rings (SSSR count). The largest absolute Gasteiger partial charge is 0.497 e. The lowest BCUT2D eigenvalue weighted by Crippen LogP contribution is -2.15. The molecule has 0 saturated carbocycles. The number of methoxy groups -OCH3 is 1. The summed E-state index contributed by atoms with van der Waals surface area (Å²) in [5.41, 5.74) is 0.402. The highest BCUT2D eigenvalue weighted by molar-refractivity contribution is 6.07. The number of rotatable bonds is 4. The lowest BCUT2D eigenvalue weighted by atomic mass is 10.1. The highest BCUT2D eigenvalue weighted by Gasteiger charge is 2.14. The molecule has 7 nitrogen and oxygen atoms in total. The van der Waals surface area contributed by atoms with Crippen LogP contribution in [0.2, 0.25) is 0 Å². The second-order valence-corrected chi connectivity index (χ2v) is 3.80. The number of aromatic carboxylic acids is 1. The number of amides is 1. The van der Waals surface area contributed by atoms with Crippen molar-refractivity contribution in [2.24, 2.45) is 0 Å². The quantitative estimate of drug-likeness (QED) is 0.873. The van der Waals surface area contributed by atoms with Crippen LogP contribution in [0.25, 0.3) is 0 Å². The summed E-state index contributed by atoms with van der Waals surface area (Å²) in [5.74, 6) is -1.18. The van der Waals surface area contributed by atoms with Crippen molar-refractivity contribution in [3.8, 4) is 5.75 Å². The van der Waals surface area contributed by atoms with Crippen molar-refractivity contribution in [3.63, 3.8) is 0 Å². The number of carboxylic acid groups (broad SMARTS) is 1. The third kappa shape index (κ3) is 2.89. The van der Waals surface area contributed by atoms with Crippen LogP contribution >= 0.6 is 0 Å². The zero-order valence-electron chi connectivity index (χ0n) is 10.5. The highest BCUT2D eigenvalue weighted by Crippen LogP contribution is 2.23. The Morgan fingerprint density at radius 1 is 1.25 bits per heavy atom. The van der Waals surface area contributed by atoms with Gasteiger partial charge in [0.25, 0.3) is 5.91 Å². The number of carbonyl (C=O) groups is 2. The van der Waals surface area contributed by atoms with E-state index >= 15 is 0 Å². The number of hydrogen-bond acceptors (Lipinski definition) is 5. The Morgan fingerprint density at radius 2 is 2.05 bits per heavy atom. The number of aromatic nitrogens is 2. The molecule has 0 fully saturated rings. The second-order valence-electron chi connectivity index (χ2n) is 3.80. The van der Waals surface area contributed by atoms with E-state index in [0.29, 0.717) is 5.75 Å². The van der Waals surface area contributed by atoms with E-state index in [1.54, 1.807) is 0 Å². The maximum Gasteiger partial charge on any atom is 0.337 e. The third-order valence-corrected chi connectivity index (χ3v) is 2.55. The Morgan fingerprint density at radius 3 is 2.65 bits per heavy atom. The predicted molar refractivity (Wildman–Crippen MR) is 69.9 cm³/mol. The fraction of sp³-hybridized carbons (Fsp3) is 0.0769. The first-order chi connectivity index (χ1) is 9.61. The summed E-state index contributed by atoms with van der Waals surface area (Å²) < 4.78 is 5.01. The first kappa shape index (κ1) is 13.5. The monoisotopic (exact) mass is 273 g/mol. The summed E-state index contributed by atoms with van der Waals surface area (Å²) in [7, 11) is 1.45. The molecule has 20 heavy (non-hydrogen) atoms. The molecule has 1 aromatic carbocycles. The van der Waals surface area contributed by atoms with Crippen LogP contribution in [0.5, 0.6) is 5.75 Å². The van der Waals surface area contributed by atoms with Gasteiger partial charge in [0.15, 0.2) is 0 Å². The number of anilines is 1. The molecule has 102 valence electrons. The molecule has 0 spiro atoms. The summed E-state index contributed by atoms with van der Waals surface area (Å²) >= 11 is 0. The maximum absolute atomic E-state index is 12.0. The van der Waals surface area contributed by atoms with Gasteiger partial charge in [0, 0.05) is 6.07 Å². The lowest BCUT2D eigenvalue weighted by Gasteiger charge is -2.10. The Labute approximate surface area is 114 Å². The molecule has 0 unspecified atom stereocenters. The van der Waals surface area contributed by atoms with Crippen LogP contribution in [0.1, 0.15) is 20.7 Å². The van der Waals surface area contributed by atoms with Gasteiger partial charge in [0.1, 0.15) is 5.75 Å². The topological polar surface area (TPSA) is 101 Å². The van der Waals surface area contributed by atoms with Crippen LogP contribution < -0.4 is 10.1 Å². The molecule has 2 N–H and O–H groups in total. The number of benzene rings is 1. The van der Waals surface area contributed by atoms with Gasteiger partial charge in [0.05, 0.1) is 36.3 Å². The van der Waals surface area contributed by atoms with E-state index in [9.17, 15) is 9.59 Å². The van der Waals surface area contributed by atoms with Gasteiger partial charge in [-0.1, -0.05) is 0 Å². The van der Waals surface area contributed by atoms with Gasteiger partial charge in [0.2, 0.25) is 0 Å². The molecule has 0 aliphatic carbocycles. The predicted octanol–water partition coefficient (Wildman–Crippen LogP) is 1.44. The molecule has 7 heteroatoms. The number of nitrogens with zero attached hydrogens (tertiary/aromatic N) is 2. The molecule has 0 aliphatic rings. The van der Waals surface area contributed by atoms with E-state index in [0.717, 1.165) is 0 Å². The van der Waals surface area contributed by atoms with Crippen LogP contribution in [-0.4, -0.2) is 34.3 Å². The summed E-state index contributed by atoms with van der Waals surface area (Å²) in [5, 5.41) is 18.8. The Balaban J connectivity index is 2.32. The van der Waals surface area contributed by atoms with Gasteiger partial charge < -0.3 is 15.2 Å². The summed E-state index contributed by atoms with van der Waals surface area (Å²) in [4.78, 5) is 23.1. The third-order valence-electron chi connectivity index (χ3n) is 2.55. The minimum absolute atomic E-state index is 0.0267. The Bertz CT molecular complexity index is 643. The minimum atomic E-state index is -1.14. The average Bonchev–Trinajstić information content (AvgIpc) is 2.47. The first-order valence-corrected chi connectivity index (χ1v) is 5.61. The number of hydrogen-bond donors (Lipinski definition) is 2. The normalized spacial score (nSPS) is 9.85. The molecule has 1 heterocycles. The van der Waals surface area contributed by atoms with Gasteiger partial charge in [-0.25, -0.2) is 4.79 Å². The van der Waals surface area contributed by atoms with Gasteiger partial charge >= 0.3 is 5.97 Å². The van der Waals surface area contributed by atoms with Crippen LogP contribution in [0, 0.1) is 0 Å². The molecule has 0 bridgehead atoms. The van der Waals surface area contributed by atoms with Crippen molar-refractivity contribution in [1.29, 1.82) is 0 Å². The van der Waals surface area contributed by atoms with Gasteiger partial charge in [-0.05, 0) is 18.2 Å². The summed E-state index contributed by atoms with van der Waals surface area (Å²) in [6, 6.07) is 5.79. The molecular weight excluding hydrogens is 262 g/mol. The van der Waals surface area contributed by atoms with Crippen LogP contribution in [0.15, 0.2) is 36.7 Å². The lowest BCUT2D eigenvalue weighted by molar-refractivity contribution is 0.0698. The van der Waals surface area contributed by atoms with E-state index in [1.807, 2.05) is 0 Å². The van der Waals surface area contributed by atoms with E-state index in [-0.39, 0.29) is 16.8 Å². The van der Waals surface area contributed by atoms with Crippen molar-refractivity contribution in [2.45, 2.75) is 0 Å². The summed E-state index contributed by atoms with van der Waals surface area (Å²) in [6.07, 6.45) is 2.66. The SMILES string of the molecule is COc1ccc(C(=O)O)c(NC(=O)c2ccnnc2)c1. The van der Waals surface area contributed by atoms with E-state index in [1.165, 1.54) is 43.8 Å². The molecule has 0 aliphatic heterocycles. The number of carbonyl (C=O) groups excluding carboxylic acids is 1. The van der Waals surface area contributed by atoms with Gasteiger partial charge in [-0.3, -0.25) is 4.79 Å². The maximum atomic E-state index is 12.0. The van der Waals surface area contributed by atoms with Crippen LogP contribution in [-0.2, 0) is 0 Å². The van der Waals surface area contributed by atoms with Crippen molar-refractivity contribution in [1.82, 2.24) is 10.2 Å². The van der Waals surface area contributed by atoms with Crippen molar-refractivity contribution in [2.75, 3.05) is 12.4 Å². The van der Waals surface area contributed by atoms with Crippen molar-refractivity contribution >= 4 is 17.6 Å². The highest BCUT2D eigenvalue weighted by atomic mass is 16.5. The molecule has 1 aromatic heterocycles. The number of nitrogens with one attached hydrogen (secondary N) is 1. The van der Waals surface area contributed by atoms with Crippen molar-refractivity contribution < 1.29 is 19.4 Å². The molecule has 0 atom stereocenters. The fourth-order valence-corrected chi connectivity index (χ4v) is 1.56. The first-order valence-electron chi connectivity index (χ1n) is 5.61.